The summed E-state index contributed by atoms with van der Waals surface area (Å²) >= 11 is 0. The zero-order valence-electron chi connectivity index (χ0n) is 8.66. The number of hydrogen-bond donors (Lipinski definition) is 2. The molecule has 4 nitrogen and oxygen atoms in total. The molecule has 0 heterocycles. The molecule has 82 valence electrons. The van der Waals surface area contributed by atoms with Crippen molar-refractivity contribution in [2.45, 2.75) is 25.7 Å². The minimum atomic E-state index is -0.537. The van der Waals surface area contributed by atoms with Gasteiger partial charge in [-0.05, 0) is 30.6 Å². The van der Waals surface area contributed by atoms with Crippen molar-refractivity contribution in [2.24, 2.45) is 23.6 Å². The molecule has 2 rings (SSSR count). The Hall–Kier alpha value is -1.21. The highest BCUT2D eigenvalue weighted by atomic mass is 16.6. The van der Waals surface area contributed by atoms with Crippen LogP contribution < -0.4 is 11.3 Å². The summed E-state index contributed by atoms with van der Waals surface area (Å²) in [6.07, 6.45) is 3.73. The molecule has 3 N–H and O–H groups in total. The Morgan fingerprint density at radius 2 is 1.93 bits per heavy atom. The summed E-state index contributed by atoms with van der Waals surface area (Å²) in [4.78, 5) is 10.8. The van der Waals surface area contributed by atoms with Crippen molar-refractivity contribution >= 4 is 6.09 Å². The highest BCUT2D eigenvalue weighted by molar-refractivity contribution is 5.66. The normalized spacial score (nSPS) is 32.5. The van der Waals surface area contributed by atoms with Gasteiger partial charge in [0.05, 0.1) is 6.61 Å². The monoisotopic (exact) mass is 208 g/mol. The average Bonchev–Trinajstić information content (AvgIpc) is 2.85. The van der Waals surface area contributed by atoms with Crippen molar-refractivity contribution in [1.82, 2.24) is 5.43 Å². The van der Waals surface area contributed by atoms with E-state index < -0.39 is 6.09 Å². The lowest BCUT2D eigenvalue weighted by Crippen LogP contribution is -2.31. The van der Waals surface area contributed by atoms with E-state index in [4.69, 9.17) is 10.6 Å². The molecule has 0 aromatic carbocycles. The highest BCUT2D eigenvalue weighted by Crippen LogP contribution is 2.52. The van der Waals surface area contributed by atoms with Crippen molar-refractivity contribution < 1.29 is 9.53 Å². The van der Waals surface area contributed by atoms with Crippen LogP contribution in [0.3, 0.4) is 0 Å². The first-order valence-corrected chi connectivity index (χ1v) is 5.42. The molecule has 0 spiro atoms. The fourth-order valence-electron chi connectivity index (χ4n) is 2.50. The second-order valence-corrected chi connectivity index (χ2v) is 4.17. The Balaban J connectivity index is 1.75. The first-order valence-electron chi connectivity index (χ1n) is 5.42. The molecular formula is C11H16N2O2. The van der Waals surface area contributed by atoms with Crippen molar-refractivity contribution in [3.63, 3.8) is 0 Å². The Morgan fingerprint density at radius 1 is 1.33 bits per heavy atom. The molecule has 0 bridgehead atoms. The van der Waals surface area contributed by atoms with Gasteiger partial charge in [-0.2, -0.15) is 0 Å². The molecule has 0 radical (unpaired) electrons. The molecule has 0 aliphatic heterocycles. The van der Waals surface area contributed by atoms with E-state index in [9.17, 15) is 4.79 Å². The largest absolute Gasteiger partial charge is 0.448 e. The Morgan fingerprint density at radius 3 is 2.47 bits per heavy atom. The molecule has 4 heteroatoms. The minimum absolute atomic E-state index is 0.498. The SMILES string of the molecule is NNC(=O)OCC1C2CCC#CCCC21. The molecule has 0 aromatic rings. The topological polar surface area (TPSA) is 64.3 Å². The third-order valence-corrected chi connectivity index (χ3v) is 3.36. The van der Waals surface area contributed by atoms with Gasteiger partial charge in [0.25, 0.3) is 0 Å². The van der Waals surface area contributed by atoms with Crippen LogP contribution in [0.5, 0.6) is 0 Å². The number of carbonyl (C=O) groups excluding carboxylic acids is 1. The first-order chi connectivity index (χ1) is 7.33. The second-order valence-electron chi connectivity index (χ2n) is 4.17. The summed E-state index contributed by atoms with van der Waals surface area (Å²) in [6.45, 7) is 0.498. The maximum atomic E-state index is 10.8. The summed E-state index contributed by atoms with van der Waals surface area (Å²) in [5.41, 5.74) is 1.97. The molecule has 0 saturated heterocycles. The van der Waals surface area contributed by atoms with Gasteiger partial charge in [-0.3, -0.25) is 5.43 Å². The molecule has 15 heavy (non-hydrogen) atoms. The van der Waals surface area contributed by atoms with Crippen LogP contribution in [0.15, 0.2) is 0 Å². The van der Waals surface area contributed by atoms with E-state index in [1.54, 1.807) is 0 Å². The number of rotatable bonds is 2. The maximum absolute atomic E-state index is 10.8. The average molecular weight is 208 g/mol. The van der Waals surface area contributed by atoms with Gasteiger partial charge in [-0.1, -0.05) is 0 Å². The van der Waals surface area contributed by atoms with Gasteiger partial charge in [-0.15, -0.1) is 11.8 Å². The third kappa shape index (κ3) is 2.42. The number of amides is 1. The number of hydrazine groups is 1. The maximum Gasteiger partial charge on any atom is 0.421 e. The number of carbonyl (C=O) groups is 1. The van der Waals surface area contributed by atoms with Gasteiger partial charge < -0.3 is 4.74 Å². The number of fused-ring (bicyclic) bond motifs is 1. The van der Waals surface area contributed by atoms with E-state index in [2.05, 4.69) is 11.8 Å². The molecule has 2 unspecified atom stereocenters. The van der Waals surface area contributed by atoms with E-state index >= 15 is 0 Å². The predicted octanol–water partition coefficient (Wildman–Crippen LogP) is 1.03. The van der Waals surface area contributed by atoms with Crippen LogP contribution in [-0.4, -0.2) is 12.7 Å². The molecular weight excluding hydrogens is 192 g/mol. The predicted molar refractivity (Wildman–Crippen MR) is 55.4 cm³/mol. The summed E-state index contributed by atoms with van der Waals surface area (Å²) in [5.74, 6) is 13.2. The van der Waals surface area contributed by atoms with Gasteiger partial charge in [0.15, 0.2) is 0 Å². The van der Waals surface area contributed by atoms with E-state index in [0.717, 1.165) is 25.7 Å². The molecule has 1 amide bonds. The van der Waals surface area contributed by atoms with E-state index in [1.165, 1.54) is 0 Å². The Kier molecular flexibility index (Phi) is 3.12. The lowest BCUT2D eigenvalue weighted by molar-refractivity contribution is 0.137. The van der Waals surface area contributed by atoms with Crippen molar-refractivity contribution in [1.29, 1.82) is 0 Å². The molecule has 2 atom stereocenters. The first kappa shape index (κ1) is 10.3. The summed E-state index contributed by atoms with van der Waals surface area (Å²) < 4.78 is 4.97. The van der Waals surface area contributed by atoms with E-state index in [0.29, 0.717) is 24.4 Å². The minimum Gasteiger partial charge on any atom is -0.448 e. The lowest BCUT2D eigenvalue weighted by Gasteiger charge is -2.02. The van der Waals surface area contributed by atoms with Crippen molar-refractivity contribution in [2.75, 3.05) is 6.61 Å². The van der Waals surface area contributed by atoms with E-state index in [-0.39, 0.29) is 0 Å². The molecule has 2 aliphatic carbocycles. The van der Waals surface area contributed by atoms with Crippen LogP contribution in [0.4, 0.5) is 4.79 Å². The summed E-state index contributed by atoms with van der Waals surface area (Å²) in [6, 6.07) is 0. The van der Waals surface area contributed by atoms with Crippen LogP contribution in [0.2, 0.25) is 0 Å². The van der Waals surface area contributed by atoms with Gasteiger partial charge in [0.1, 0.15) is 0 Å². The molecule has 1 fully saturated rings. The van der Waals surface area contributed by atoms with Gasteiger partial charge in [0, 0.05) is 12.8 Å². The quantitative estimate of drug-likeness (QED) is 0.308. The van der Waals surface area contributed by atoms with Gasteiger partial charge in [0.2, 0.25) is 0 Å². The number of ether oxygens (including phenoxy) is 1. The zero-order chi connectivity index (χ0) is 10.7. The molecule has 2 aliphatic rings. The number of hydrogen-bond acceptors (Lipinski definition) is 3. The third-order valence-electron chi connectivity index (χ3n) is 3.36. The Bertz CT molecular complexity index is 287. The number of nitrogens with one attached hydrogen (secondary N) is 1. The smallest absolute Gasteiger partial charge is 0.421 e. The lowest BCUT2D eigenvalue weighted by atomic mass is 10.1. The van der Waals surface area contributed by atoms with Crippen LogP contribution in [-0.2, 0) is 4.74 Å². The fraction of sp³-hybridized carbons (Fsp3) is 0.727. The zero-order valence-corrected chi connectivity index (χ0v) is 8.66. The second kappa shape index (κ2) is 4.54. The van der Waals surface area contributed by atoms with E-state index in [1.807, 2.05) is 5.43 Å². The summed E-state index contributed by atoms with van der Waals surface area (Å²) in [5, 5.41) is 0. The van der Waals surface area contributed by atoms with Crippen LogP contribution in [0, 0.1) is 29.6 Å². The van der Waals surface area contributed by atoms with Crippen LogP contribution >= 0.6 is 0 Å². The van der Waals surface area contributed by atoms with Crippen LogP contribution in [0.1, 0.15) is 25.7 Å². The highest BCUT2D eigenvalue weighted by Gasteiger charge is 2.49. The molecule has 1 saturated carbocycles. The number of nitrogens with two attached hydrogens (primary N) is 1. The summed E-state index contributed by atoms with van der Waals surface area (Å²) in [7, 11) is 0. The molecule has 0 aromatic heterocycles. The van der Waals surface area contributed by atoms with Crippen LogP contribution in [0.25, 0.3) is 0 Å². The van der Waals surface area contributed by atoms with Gasteiger partial charge in [-0.25, -0.2) is 10.6 Å². The fourth-order valence-corrected chi connectivity index (χ4v) is 2.50. The van der Waals surface area contributed by atoms with Crippen molar-refractivity contribution in [3.8, 4) is 11.8 Å². The standard InChI is InChI=1S/C11H16N2O2/c12-13-11(14)15-7-10-8-5-3-1-2-4-6-9(8)10/h8-10H,3-7,12H2,(H,13,14). The Labute approximate surface area is 89.5 Å². The van der Waals surface area contributed by atoms with Crippen molar-refractivity contribution in [3.05, 3.63) is 0 Å². The van der Waals surface area contributed by atoms with Gasteiger partial charge >= 0.3 is 6.09 Å².